The molecule has 28 heavy (non-hydrogen) atoms. The number of carbonyl (C=O) groups is 2. The molecule has 0 aromatic heterocycles. The summed E-state index contributed by atoms with van der Waals surface area (Å²) in [7, 11) is 1.51. The van der Waals surface area contributed by atoms with Gasteiger partial charge in [0, 0.05) is 10.7 Å². The number of alkyl halides is 3. The lowest BCUT2D eigenvalue weighted by Crippen LogP contribution is -2.36. The number of hydrogen-bond acceptors (Lipinski definition) is 3. The average Bonchev–Trinajstić information content (AvgIpc) is 2.57. The van der Waals surface area contributed by atoms with Crippen LogP contribution in [0.4, 0.5) is 24.5 Å². The predicted molar refractivity (Wildman–Crippen MR) is 102 cm³/mol. The smallest absolute Gasteiger partial charge is 0.325 e. The number of nitrogens with one attached hydrogen (secondary N) is 2. The van der Waals surface area contributed by atoms with Gasteiger partial charge in [0.25, 0.3) is 0 Å². The monoisotopic (exact) mass is 413 g/mol. The topological polar surface area (TPSA) is 61.4 Å². The van der Waals surface area contributed by atoms with E-state index in [1.165, 1.54) is 30.1 Å². The van der Waals surface area contributed by atoms with Gasteiger partial charge in [-0.05, 0) is 43.8 Å². The van der Waals surface area contributed by atoms with Crippen LogP contribution in [0.1, 0.15) is 11.1 Å². The zero-order valence-electron chi connectivity index (χ0n) is 15.2. The fourth-order valence-electron chi connectivity index (χ4n) is 2.49. The lowest BCUT2D eigenvalue weighted by Gasteiger charge is -2.18. The van der Waals surface area contributed by atoms with E-state index in [-0.39, 0.29) is 24.7 Å². The fraction of sp³-hybridized carbons (Fsp3) is 0.263. The summed E-state index contributed by atoms with van der Waals surface area (Å²) < 4.78 is 38.9. The van der Waals surface area contributed by atoms with Crippen molar-refractivity contribution in [3.05, 3.63) is 58.6 Å². The number of anilines is 2. The van der Waals surface area contributed by atoms with Gasteiger partial charge < -0.3 is 10.6 Å². The van der Waals surface area contributed by atoms with Crippen LogP contribution in [-0.2, 0) is 15.8 Å². The second-order valence-electron chi connectivity index (χ2n) is 6.27. The predicted octanol–water partition coefficient (Wildman–Crippen LogP) is 4.18. The number of para-hydroxylation sites is 1. The minimum absolute atomic E-state index is 0.125. The third-order valence-corrected chi connectivity index (χ3v) is 4.04. The van der Waals surface area contributed by atoms with E-state index in [4.69, 9.17) is 11.6 Å². The van der Waals surface area contributed by atoms with Gasteiger partial charge in [-0.25, -0.2) is 0 Å². The van der Waals surface area contributed by atoms with Crippen LogP contribution >= 0.6 is 11.6 Å². The van der Waals surface area contributed by atoms with Crippen LogP contribution in [0.25, 0.3) is 0 Å². The van der Waals surface area contributed by atoms with Gasteiger partial charge in [-0.1, -0.05) is 29.8 Å². The highest BCUT2D eigenvalue weighted by atomic mass is 35.5. The van der Waals surface area contributed by atoms with Crippen LogP contribution in [0.5, 0.6) is 0 Å². The Balaban J connectivity index is 1.93. The van der Waals surface area contributed by atoms with Gasteiger partial charge in [-0.15, -0.1) is 0 Å². The van der Waals surface area contributed by atoms with Crippen molar-refractivity contribution >= 4 is 34.8 Å². The lowest BCUT2D eigenvalue weighted by molar-refractivity contribution is -0.137. The summed E-state index contributed by atoms with van der Waals surface area (Å²) in [6.07, 6.45) is -4.58. The van der Waals surface area contributed by atoms with Gasteiger partial charge >= 0.3 is 6.18 Å². The Morgan fingerprint density at radius 1 is 1.00 bits per heavy atom. The molecule has 0 atom stereocenters. The summed E-state index contributed by atoms with van der Waals surface area (Å²) in [5.41, 5.74) is 0.115. The summed E-state index contributed by atoms with van der Waals surface area (Å²) in [6.45, 7) is 1.43. The molecule has 0 aliphatic carbocycles. The number of hydrogen-bond donors (Lipinski definition) is 2. The first-order valence-electron chi connectivity index (χ1n) is 8.27. The molecule has 0 saturated heterocycles. The van der Waals surface area contributed by atoms with E-state index in [2.05, 4.69) is 10.6 Å². The molecule has 0 fully saturated rings. The fourth-order valence-corrected chi connectivity index (χ4v) is 2.67. The molecule has 0 unspecified atom stereocenters. The minimum Gasteiger partial charge on any atom is -0.325 e. The maximum Gasteiger partial charge on any atom is 0.418 e. The number of nitrogens with zero attached hydrogens (tertiary/aromatic N) is 1. The number of halogens is 4. The Bertz CT molecular complexity index is 872. The molecule has 0 heterocycles. The van der Waals surface area contributed by atoms with E-state index in [1.54, 1.807) is 25.1 Å². The number of likely N-dealkylation sites (N-methyl/N-ethyl adjacent to an activating group) is 1. The number of benzene rings is 2. The van der Waals surface area contributed by atoms with Gasteiger partial charge in [0.2, 0.25) is 11.8 Å². The molecule has 2 aromatic carbocycles. The molecular formula is C19H19ClF3N3O2. The maximum atomic E-state index is 13.0. The average molecular weight is 414 g/mol. The van der Waals surface area contributed by atoms with Crippen molar-refractivity contribution in [1.82, 2.24) is 4.90 Å². The Labute approximate surface area is 165 Å². The van der Waals surface area contributed by atoms with Crippen molar-refractivity contribution in [2.45, 2.75) is 13.1 Å². The van der Waals surface area contributed by atoms with E-state index in [0.717, 1.165) is 11.6 Å². The van der Waals surface area contributed by atoms with Crippen LogP contribution in [0.15, 0.2) is 42.5 Å². The van der Waals surface area contributed by atoms with E-state index in [9.17, 15) is 22.8 Å². The van der Waals surface area contributed by atoms with E-state index in [1.807, 2.05) is 0 Å². The Hall–Kier alpha value is -2.58. The van der Waals surface area contributed by atoms with Crippen molar-refractivity contribution in [1.29, 1.82) is 0 Å². The number of aryl methyl sites for hydroxylation is 1. The minimum atomic E-state index is -4.58. The number of rotatable bonds is 6. The molecule has 2 aromatic rings. The number of amides is 2. The summed E-state index contributed by atoms with van der Waals surface area (Å²) in [4.78, 5) is 25.6. The zero-order chi connectivity index (χ0) is 20.9. The second kappa shape index (κ2) is 9.07. The molecule has 0 bridgehead atoms. The summed E-state index contributed by atoms with van der Waals surface area (Å²) in [5, 5.41) is 5.40. The standard InChI is InChI=1S/C19H19ClF3N3O2/c1-12-7-8-13(20)9-16(12)25-18(28)11-26(2)10-17(27)24-15-6-4-3-5-14(15)19(21,22)23/h3-9H,10-11H2,1-2H3,(H,24,27)(H,25,28). The quantitative estimate of drug-likeness (QED) is 0.747. The van der Waals surface area contributed by atoms with Crippen molar-refractivity contribution in [2.24, 2.45) is 0 Å². The summed E-state index contributed by atoms with van der Waals surface area (Å²) in [5.74, 6) is -1.04. The first-order valence-corrected chi connectivity index (χ1v) is 8.64. The molecule has 0 aliphatic rings. The van der Waals surface area contributed by atoms with Gasteiger partial charge in [0.15, 0.2) is 0 Å². The molecule has 150 valence electrons. The third kappa shape index (κ3) is 6.24. The first-order chi connectivity index (χ1) is 13.1. The van der Waals surface area contributed by atoms with Crippen molar-refractivity contribution in [3.63, 3.8) is 0 Å². The lowest BCUT2D eigenvalue weighted by atomic mass is 10.1. The number of carbonyl (C=O) groups excluding carboxylic acids is 2. The van der Waals surface area contributed by atoms with Crippen molar-refractivity contribution in [2.75, 3.05) is 30.8 Å². The normalized spacial score (nSPS) is 11.4. The summed E-state index contributed by atoms with van der Waals surface area (Å²) >= 11 is 5.90. The van der Waals surface area contributed by atoms with E-state index >= 15 is 0 Å². The Kier molecular flexibility index (Phi) is 7.04. The largest absolute Gasteiger partial charge is 0.418 e. The molecule has 9 heteroatoms. The molecule has 2 amide bonds. The second-order valence-corrected chi connectivity index (χ2v) is 6.71. The molecular weight excluding hydrogens is 395 g/mol. The molecule has 5 nitrogen and oxygen atoms in total. The maximum absolute atomic E-state index is 13.0. The molecule has 0 saturated carbocycles. The van der Waals surface area contributed by atoms with Crippen LogP contribution in [-0.4, -0.2) is 36.9 Å². The van der Waals surface area contributed by atoms with Crippen molar-refractivity contribution < 1.29 is 22.8 Å². The summed E-state index contributed by atoms with van der Waals surface area (Å²) in [6, 6.07) is 9.77. The van der Waals surface area contributed by atoms with Crippen LogP contribution in [0.2, 0.25) is 5.02 Å². The van der Waals surface area contributed by atoms with Crippen LogP contribution < -0.4 is 10.6 Å². The molecule has 0 spiro atoms. The highest BCUT2D eigenvalue weighted by Gasteiger charge is 2.33. The van der Waals surface area contributed by atoms with Gasteiger partial charge in [0.05, 0.1) is 24.3 Å². The first kappa shape index (κ1) is 21.7. The van der Waals surface area contributed by atoms with Crippen LogP contribution in [0, 0.1) is 6.92 Å². The van der Waals surface area contributed by atoms with Crippen LogP contribution in [0.3, 0.4) is 0 Å². The van der Waals surface area contributed by atoms with Gasteiger partial charge in [-0.2, -0.15) is 13.2 Å². The Morgan fingerprint density at radius 2 is 1.57 bits per heavy atom. The zero-order valence-corrected chi connectivity index (χ0v) is 16.0. The Morgan fingerprint density at radius 3 is 2.18 bits per heavy atom. The van der Waals surface area contributed by atoms with Gasteiger partial charge in [0.1, 0.15) is 0 Å². The molecule has 0 radical (unpaired) electrons. The molecule has 0 aliphatic heterocycles. The highest BCUT2D eigenvalue weighted by molar-refractivity contribution is 6.31. The SMILES string of the molecule is Cc1ccc(Cl)cc1NC(=O)CN(C)CC(=O)Nc1ccccc1C(F)(F)F. The van der Waals surface area contributed by atoms with E-state index in [0.29, 0.717) is 10.7 Å². The molecule has 2 N–H and O–H groups in total. The van der Waals surface area contributed by atoms with Crippen molar-refractivity contribution in [3.8, 4) is 0 Å². The highest BCUT2D eigenvalue weighted by Crippen LogP contribution is 2.34. The molecule has 2 rings (SSSR count). The third-order valence-electron chi connectivity index (χ3n) is 3.81. The van der Waals surface area contributed by atoms with Gasteiger partial charge in [-0.3, -0.25) is 14.5 Å². The van der Waals surface area contributed by atoms with E-state index < -0.39 is 17.6 Å².